The molecule has 0 radical (unpaired) electrons. The summed E-state index contributed by atoms with van der Waals surface area (Å²) in [5.74, 6) is 0.811. The highest BCUT2D eigenvalue weighted by Gasteiger charge is 2.20. The third-order valence-electron chi connectivity index (χ3n) is 6.00. The molecule has 160 valence electrons. The van der Waals surface area contributed by atoms with E-state index in [-0.39, 0.29) is 0 Å². The number of hydrogen-bond donors (Lipinski definition) is 2. The van der Waals surface area contributed by atoms with E-state index in [1.165, 1.54) is 16.4 Å². The van der Waals surface area contributed by atoms with E-state index in [9.17, 15) is 0 Å². The van der Waals surface area contributed by atoms with Gasteiger partial charge in [0.1, 0.15) is 5.75 Å². The molecule has 6 nitrogen and oxygen atoms in total. The van der Waals surface area contributed by atoms with Gasteiger partial charge in [-0.15, -0.1) is 0 Å². The van der Waals surface area contributed by atoms with Crippen LogP contribution in [0.25, 0.3) is 17.3 Å². The Hall–Kier alpha value is -3.09. The summed E-state index contributed by atoms with van der Waals surface area (Å²) in [6, 6.07) is 12.6. The maximum atomic E-state index is 5.70. The Labute approximate surface area is 181 Å². The number of H-pyrrole nitrogens is 2. The van der Waals surface area contributed by atoms with E-state index in [4.69, 9.17) is 14.5 Å². The van der Waals surface area contributed by atoms with Gasteiger partial charge in [-0.05, 0) is 37.6 Å². The zero-order valence-corrected chi connectivity index (χ0v) is 18.3. The average molecular weight is 417 g/mol. The molecule has 3 aromatic rings. The molecule has 31 heavy (non-hydrogen) atoms. The van der Waals surface area contributed by atoms with Gasteiger partial charge in [0.2, 0.25) is 0 Å². The van der Waals surface area contributed by atoms with Gasteiger partial charge in [-0.1, -0.05) is 18.2 Å². The fourth-order valence-corrected chi connectivity index (χ4v) is 4.41. The summed E-state index contributed by atoms with van der Waals surface area (Å²) in [5.41, 5.74) is 5.68. The molecule has 1 aromatic carbocycles. The van der Waals surface area contributed by atoms with Crippen LogP contribution in [0.5, 0.6) is 5.75 Å². The highest BCUT2D eigenvalue weighted by Crippen LogP contribution is 2.17. The first kappa shape index (κ1) is 19.8. The molecule has 0 atom stereocenters. The number of aromatic nitrogens is 2. The standard InChI is InChI=1S/C25H28N4O2/c1-16-12-17(2)26-21(16)13-22-24(30-3)14-23(27-22)25-19(15-29-8-10-31-11-9-29)18-6-4-5-7-20(18)28-25/h4-7,12-14,26-27H,8-11,15H2,1-3H3/b22-13-,25-23-. The molecule has 2 aliphatic rings. The summed E-state index contributed by atoms with van der Waals surface area (Å²) in [4.78, 5) is 14.4. The maximum absolute atomic E-state index is 5.70. The van der Waals surface area contributed by atoms with Crippen molar-refractivity contribution in [1.29, 1.82) is 0 Å². The van der Waals surface area contributed by atoms with Crippen molar-refractivity contribution in [1.82, 2.24) is 14.9 Å². The van der Waals surface area contributed by atoms with Gasteiger partial charge < -0.3 is 19.4 Å². The second kappa shape index (κ2) is 8.21. The minimum Gasteiger partial charge on any atom is -0.494 e. The molecule has 2 N–H and O–H groups in total. The zero-order valence-electron chi connectivity index (χ0n) is 18.3. The fourth-order valence-electron chi connectivity index (χ4n) is 4.41. The van der Waals surface area contributed by atoms with Gasteiger partial charge >= 0.3 is 0 Å². The van der Waals surface area contributed by atoms with E-state index in [0.717, 1.165) is 71.7 Å². The predicted molar refractivity (Wildman–Crippen MR) is 122 cm³/mol. The number of benzene rings is 1. The number of aromatic amines is 2. The number of para-hydroxylation sites is 1. The summed E-state index contributed by atoms with van der Waals surface area (Å²) in [5, 5.41) is 4.14. The second-order valence-electron chi connectivity index (χ2n) is 8.20. The molecule has 5 rings (SSSR count). The van der Waals surface area contributed by atoms with Gasteiger partial charge in [0, 0.05) is 47.9 Å². The second-order valence-corrected chi connectivity index (χ2v) is 8.20. The first-order chi connectivity index (χ1) is 15.1. The first-order valence-electron chi connectivity index (χ1n) is 10.7. The molecule has 2 aromatic heterocycles. The predicted octanol–water partition coefficient (Wildman–Crippen LogP) is 0.722. The number of nitrogens with zero attached hydrogens (tertiary/aromatic N) is 2. The number of hydrogen-bond acceptors (Lipinski definition) is 4. The van der Waals surface area contributed by atoms with Gasteiger partial charge in [0.15, 0.2) is 0 Å². The van der Waals surface area contributed by atoms with Crippen LogP contribution in [0.15, 0.2) is 41.4 Å². The van der Waals surface area contributed by atoms with Gasteiger partial charge in [-0.2, -0.15) is 0 Å². The molecule has 6 heteroatoms. The number of morpholine rings is 1. The average Bonchev–Trinajstić information content (AvgIpc) is 3.44. The minimum absolute atomic E-state index is 0.783. The van der Waals surface area contributed by atoms with Crippen LogP contribution >= 0.6 is 0 Å². The van der Waals surface area contributed by atoms with Crippen LogP contribution in [0.4, 0.5) is 0 Å². The summed E-state index contributed by atoms with van der Waals surface area (Å²) >= 11 is 0. The van der Waals surface area contributed by atoms with Crippen LogP contribution < -0.4 is 26.0 Å². The molecule has 0 saturated carbocycles. The van der Waals surface area contributed by atoms with Crippen molar-refractivity contribution in [2.45, 2.75) is 13.8 Å². The number of nitrogens with one attached hydrogen (secondary N) is 2. The number of ether oxygens (including phenoxy) is 2. The summed E-state index contributed by atoms with van der Waals surface area (Å²) in [6.45, 7) is 8.48. The lowest BCUT2D eigenvalue weighted by molar-refractivity contribution is 0.0444. The van der Waals surface area contributed by atoms with Crippen molar-refractivity contribution < 1.29 is 9.47 Å². The van der Waals surface area contributed by atoms with Gasteiger partial charge in [-0.25, -0.2) is 4.99 Å². The largest absolute Gasteiger partial charge is 0.494 e. The van der Waals surface area contributed by atoms with Crippen molar-refractivity contribution in [2.75, 3.05) is 40.0 Å². The Morgan fingerprint density at radius 3 is 2.68 bits per heavy atom. The van der Waals surface area contributed by atoms with E-state index in [0.29, 0.717) is 0 Å². The van der Waals surface area contributed by atoms with Crippen LogP contribution in [0.3, 0.4) is 0 Å². The lowest BCUT2D eigenvalue weighted by Gasteiger charge is -2.27. The van der Waals surface area contributed by atoms with Crippen molar-refractivity contribution >= 4 is 17.3 Å². The highest BCUT2D eigenvalue weighted by molar-refractivity contribution is 5.89. The summed E-state index contributed by atoms with van der Waals surface area (Å²) in [6.07, 6.45) is 2.11. The lowest BCUT2D eigenvalue weighted by Crippen LogP contribution is -2.38. The first-order valence-corrected chi connectivity index (χ1v) is 10.7. The lowest BCUT2D eigenvalue weighted by atomic mass is 10.1. The van der Waals surface area contributed by atoms with E-state index in [1.807, 2.05) is 6.07 Å². The third kappa shape index (κ3) is 3.84. The van der Waals surface area contributed by atoms with E-state index in [1.54, 1.807) is 7.11 Å². The van der Waals surface area contributed by atoms with E-state index < -0.39 is 0 Å². The Balaban J connectivity index is 1.67. The summed E-state index contributed by atoms with van der Waals surface area (Å²) in [7, 11) is 1.71. The van der Waals surface area contributed by atoms with Crippen molar-refractivity contribution in [3.05, 3.63) is 74.6 Å². The molecule has 4 heterocycles. The minimum atomic E-state index is 0.783. The van der Waals surface area contributed by atoms with Crippen LogP contribution in [0, 0.1) is 13.8 Å². The van der Waals surface area contributed by atoms with Crippen molar-refractivity contribution in [3.63, 3.8) is 0 Å². The monoisotopic (exact) mass is 416 g/mol. The van der Waals surface area contributed by atoms with Crippen molar-refractivity contribution in [2.24, 2.45) is 4.99 Å². The molecule has 2 aliphatic heterocycles. The Kier molecular flexibility index (Phi) is 5.26. The van der Waals surface area contributed by atoms with Gasteiger partial charge in [0.05, 0.1) is 42.1 Å². The Morgan fingerprint density at radius 1 is 1.13 bits per heavy atom. The normalized spacial score (nSPS) is 18.9. The Bertz CT molecular complexity index is 1360. The van der Waals surface area contributed by atoms with E-state index in [2.05, 4.69) is 65.1 Å². The highest BCUT2D eigenvalue weighted by atomic mass is 16.5. The molecule has 0 bridgehead atoms. The molecule has 0 amide bonds. The molecular formula is C25H28N4O2. The SMILES string of the molecule is COc1c/c(=C2/N=c3ccccc3=C2CN2CCOCC2)[nH]/c1=C\c1[nH]c(C)cc1C. The molecule has 1 saturated heterocycles. The van der Waals surface area contributed by atoms with E-state index >= 15 is 0 Å². The fraction of sp³-hybridized carbons (Fsp3) is 0.320. The van der Waals surface area contributed by atoms with Crippen LogP contribution in [-0.4, -0.2) is 54.8 Å². The topological polar surface area (TPSA) is 65.6 Å². The van der Waals surface area contributed by atoms with Gasteiger partial charge in [-0.3, -0.25) is 4.90 Å². The van der Waals surface area contributed by atoms with Crippen molar-refractivity contribution in [3.8, 4) is 5.75 Å². The number of aryl methyl sites for hydroxylation is 2. The number of fused-ring (bicyclic) bond motifs is 1. The maximum Gasteiger partial charge on any atom is 0.144 e. The smallest absolute Gasteiger partial charge is 0.144 e. The Morgan fingerprint density at radius 2 is 1.94 bits per heavy atom. The van der Waals surface area contributed by atoms with Crippen LogP contribution in [0.2, 0.25) is 0 Å². The molecule has 1 fully saturated rings. The van der Waals surface area contributed by atoms with Crippen LogP contribution in [-0.2, 0) is 4.74 Å². The summed E-state index contributed by atoms with van der Waals surface area (Å²) < 4.78 is 11.2. The third-order valence-corrected chi connectivity index (χ3v) is 6.00. The van der Waals surface area contributed by atoms with Crippen LogP contribution in [0.1, 0.15) is 17.0 Å². The quantitative estimate of drug-likeness (QED) is 0.659. The molecule has 0 unspecified atom stereocenters. The van der Waals surface area contributed by atoms with Gasteiger partial charge in [0.25, 0.3) is 0 Å². The zero-order chi connectivity index (χ0) is 21.4. The number of methoxy groups -OCH3 is 1. The molecule has 0 spiro atoms. The number of rotatable bonds is 4. The molecular weight excluding hydrogens is 388 g/mol. The molecule has 0 aliphatic carbocycles.